The molecule has 0 spiro atoms. The predicted octanol–water partition coefficient (Wildman–Crippen LogP) is 12.1. The number of hydrogen-bond donors (Lipinski definition) is 0. The van der Waals surface area contributed by atoms with Crippen LogP contribution in [-0.4, -0.2) is 28.2 Å². The first-order chi connectivity index (χ1) is 24.4. The first kappa shape index (κ1) is 32.3. The average Bonchev–Trinajstić information content (AvgIpc) is 3.17. The Bertz CT molecular complexity index is 1950. The molecular weight excluding hydrogens is 609 g/mol. The largest absolute Gasteiger partial charge is 0.378 e. The van der Waals surface area contributed by atoms with E-state index in [0.29, 0.717) is 0 Å². The molecule has 0 amide bonds. The SMILES string of the molecule is CN(C)c1ccc(N(c2ccccc2)c2ccc(-c3ccc(-c4ccc(N(c5ccccc5)c5ccc(N(C)C)cc5)cc4)cc3)cc2)cc1. The number of nitrogens with zero attached hydrogens (tertiary/aromatic N) is 4. The number of anilines is 8. The second-order valence-corrected chi connectivity index (χ2v) is 12.8. The molecule has 0 aliphatic heterocycles. The van der Waals surface area contributed by atoms with Gasteiger partial charge in [-0.05, 0) is 119 Å². The standard InChI is InChI=1S/C46H42N4/c1-47(2)39-27-31-45(32-28-39)49(41-11-7-5-8-12-41)43-23-19-37(20-24-43)35-15-17-36(18-16-35)38-21-25-44(26-22-38)50(42-13-9-6-10-14-42)46-33-29-40(30-34-46)48(3)4/h5-34H,1-4H3. The van der Waals surface area contributed by atoms with Gasteiger partial charge in [-0.25, -0.2) is 0 Å². The highest BCUT2D eigenvalue weighted by atomic mass is 15.1. The zero-order valence-corrected chi connectivity index (χ0v) is 29.1. The zero-order valence-electron chi connectivity index (χ0n) is 29.1. The van der Waals surface area contributed by atoms with E-state index >= 15 is 0 Å². The van der Waals surface area contributed by atoms with E-state index in [1.165, 1.54) is 33.6 Å². The van der Waals surface area contributed by atoms with Gasteiger partial charge in [0, 0.05) is 73.7 Å². The van der Waals surface area contributed by atoms with Crippen LogP contribution in [-0.2, 0) is 0 Å². The number of benzene rings is 7. The maximum Gasteiger partial charge on any atom is 0.0463 e. The summed E-state index contributed by atoms with van der Waals surface area (Å²) in [6.07, 6.45) is 0. The molecule has 0 heterocycles. The van der Waals surface area contributed by atoms with Crippen molar-refractivity contribution in [1.29, 1.82) is 0 Å². The summed E-state index contributed by atoms with van der Waals surface area (Å²) in [5.74, 6) is 0. The van der Waals surface area contributed by atoms with Crippen LogP contribution in [0.3, 0.4) is 0 Å². The molecule has 4 heteroatoms. The summed E-state index contributed by atoms with van der Waals surface area (Å²) < 4.78 is 0. The van der Waals surface area contributed by atoms with Gasteiger partial charge in [0.2, 0.25) is 0 Å². The van der Waals surface area contributed by atoms with Crippen molar-refractivity contribution in [3.8, 4) is 22.3 Å². The molecule has 7 aromatic carbocycles. The van der Waals surface area contributed by atoms with Crippen LogP contribution in [0.15, 0.2) is 182 Å². The van der Waals surface area contributed by atoms with Gasteiger partial charge >= 0.3 is 0 Å². The Morgan fingerprint density at radius 3 is 0.680 bits per heavy atom. The summed E-state index contributed by atoms with van der Waals surface area (Å²) in [5, 5.41) is 0. The van der Waals surface area contributed by atoms with Crippen molar-refractivity contribution >= 4 is 45.5 Å². The fraction of sp³-hybridized carbons (Fsp3) is 0.0870. The van der Waals surface area contributed by atoms with Gasteiger partial charge in [0.05, 0.1) is 0 Å². The normalized spacial score (nSPS) is 10.8. The van der Waals surface area contributed by atoms with Crippen LogP contribution in [0.5, 0.6) is 0 Å². The number of hydrogen-bond acceptors (Lipinski definition) is 4. The third-order valence-corrected chi connectivity index (χ3v) is 9.08. The van der Waals surface area contributed by atoms with Crippen LogP contribution in [0, 0.1) is 0 Å². The number of rotatable bonds is 10. The molecule has 246 valence electrons. The van der Waals surface area contributed by atoms with Gasteiger partial charge in [0.1, 0.15) is 0 Å². The molecule has 0 aliphatic carbocycles. The lowest BCUT2D eigenvalue weighted by molar-refractivity contribution is 1.13. The van der Waals surface area contributed by atoms with E-state index in [2.05, 4.69) is 230 Å². The lowest BCUT2D eigenvalue weighted by Crippen LogP contribution is -2.11. The molecule has 0 aromatic heterocycles. The summed E-state index contributed by atoms with van der Waals surface area (Å²) in [6.45, 7) is 0. The second kappa shape index (κ2) is 14.5. The van der Waals surface area contributed by atoms with Gasteiger partial charge in [-0.3, -0.25) is 0 Å². The smallest absolute Gasteiger partial charge is 0.0463 e. The van der Waals surface area contributed by atoms with E-state index in [9.17, 15) is 0 Å². The lowest BCUT2D eigenvalue weighted by Gasteiger charge is -2.26. The third kappa shape index (κ3) is 6.96. The first-order valence-corrected chi connectivity index (χ1v) is 17.0. The van der Waals surface area contributed by atoms with E-state index in [0.717, 1.165) is 34.1 Å². The maximum atomic E-state index is 2.30. The summed E-state index contributed by atoms with van der Waals surface area (Å²) in [7, 11) is 8.27. The molecule has 0 radical (unpaired) electrons. The fourth-order valence-corrected chi connectivity index (χ4v) is 6.31. The Hall–Kier alpha value is -6.26. The van der Waals surface area contributed by atoms with Gasteiger partial charge in [0.25, 0.3) is 0 Å². The summed E-state index contributed by atoms with van der Waals surface area (Å²) >= 11 is 0. The van der Waals surface area contributed by atoms with E-state index in [4.69, 9.17) is 0 Å². The van der Waals surface area contributed by atoms with Crippen LogP contribution < -0.4 is 19.6 Å². The Kier molecular flexibility index (Phi) is 9.35. The van der Waals surface area contributed by atoms with E-state index in [1.54, 1.807) is 0 Å². The first-order valence-electron chi connectivity index (χ1n) is 17.0. The molecule has 0 saturated carbocycles. The Balaban J connectivity index is 1.12. The van der Waals surface area contributed by atoms with Crippen molar-refractivity contribution in [1.82, 2.24) is 0 Å². The minimum atomic E-state index is 1.12. The average molecular weight is 651 g/mol. The topological polar surface area (TPSA) is 13.0 Å². The molecule has 0 fully saturated rings. The van der Waals surface area contributed by atoms with Crippen molar-refractivity contribution in [2.45, 2.75) is 0 Å². The highest BCUT2D eigenvalue weighted by molar-refractivity contribution is 5.81. The van der Waals surface area contributed by atoms with E-state index < -0.39 is 0 Å². The van der Waals surface area contributed by atoms with Crippen LogP contribution in [0.4, 0.5) is 45.5 Å². The van der Waals surface area contributed by atoms with Crippen LogP contribution in [0.2, 0.25) is 0 Å². The Morgan fingerprint density at radius 2 is 0.420 bits per heavy atom. The lowest BCUT2D eigenvalue weighted by atomic mass is 9.99. The maximum absolute atomic E-state index is 2.30. The van der Waals surface area contributed by atoms with E-state index in [-0.39, 0.29) is 0 Å². The van der Waals surface area contributed by atoms with Gasteiger partial charge in [-0.15, -0.1) is 0 Å². The van der Waals surface area contributed by atoms with Gasteiger partial charge in [-0.2, -0.15) is 0 Å². The van der Waals surface area contributed by atoms with Crippen molar-refractivity contribution < 1.29 is 0 Å². The number of para-hydroxylation sites is 2. The second-order valence-electron chi connectivity index (χ2n) is 12.8. The zero-order chi connectivity index (χ0) is 34.5. The molecule has 0 unspecified atom stereocenters. The van der Waals surface area contributed by atoms with Crippen molar-refractivity contribution in [2.24, 2.45) is 0 Å². The molecule has 0 N–H and O–H groups in total. The van der Waals surface area contributed by atoms with Crippen molar-refractivity contribution in [3.05, 3.63) is 182 Å². The van der Waals surface area contributed by atoms with Crippen molar-refractivity contribution in [3.63, 3.8) is 0 Å². The molecule has 0 atom stereocenters. The minimum Gasteiger partial charge on any atom is -0.378 e. The van der Waals surface area contributed by atoms with Crippen molar-refractivity contribution in [2.75, 3.05) is 47.8 Å². The molecular formula is C46H42N4. The highest BCUT2D eigenvalue weighted by Gasteiger charge is 2.15. The van der Waals surface area contributed by atoms with Crippen LogP contribution in [0.1, 0.15) is 0 Å². The Labute approximate surface area is 296 Å². The van der Waals surface area contributed by atoms with Crippen LogP contribution >= 0.6 is 0 Å². The van der Waals surface area contributed by atoms with Crippen LogP contribution in [0.25, 0.3) is 22.3 Å². The van der Waals surface area contributed by atoms with E-state index in [1.807, 2.05) is 0 Å². The quantitative estimate of drug-likeness (QED) is 0.146. The van der Waals surface area contributed by atoms with Gasteiger partial charge in [-0.1, -0.05) is 84.9 Å². The molecule has 0 aliphatic rings. The fourth-order valence-electron chi connectivity index (χ4n) is 6.31. The summed E-state index contributed by atoms with van der Waals surface area (Å²) in [6, 6.07) is 65.0. The molecule has 0 saturated heterocycles. The molecule has 4 nitrogen and oxygen atoms in total. The van der Waals surface area contributed by atoms with Gasteiger partial charge in [0.15, 0.2) is 0 Å². The summed E-state index contributed by atoms with van der Waals surface area (Å²) in [4.78, 5) is 8.84. The highest BCUT2D eigenvalue weighted by Crippen LogP contribution is 2.38. The molecule has 50 heavy (non-hydrogen) atoms. The minimum absolute atomic E-state index is 1.12. The predicted molar refractivity (Wildman–Crippen MR) is 215 cm³/mol. The molecule has 0 bridgehead atoms. The third-order valence-electron chi connectivity index (χ3n) is 9.08. The van der Waals surface area contributed by atoms with Gasteiger partial charge < -0.3 is 19.6 Å². The Morgan fingerprint density at radius 1 is 0.220 bits per heavy atom. The molecule has 7 rings (SSSR count). The summed E-state index contributed by atoms with van der Waals surface area (Å²) in [5.41, 5.74) is 13.8. The monoisotopic (exact) mass is 650 g/mol. The molecule has 7 aromatic rings.